The Kier molecular flexibility index (Phi) is 3.48. The smallest absolute Gasteiger partial charge is 0.231 e. The second-order valence-electron chi connectivity index (χ2n) is 5.06. The third-order valence-electron chi connectivity index (χ3n) is 3.71. The van der Waals surface area contributed by atoms with Gasteiger partial charge in [0.2, 0.25) is 6.79 Å². The van der Waals surface area contributed by atoms with Gasteiger partial charge in [0.15, 0.2) is 11.5 Å². The molecule has 2 heterocycles. The second-order valence-corrected chi connectivity index (χ2v) is 5.06. The van der Waals surface area contributed by atoms with Crippen LogP contribution in [0.3, 0.4) is 0 Å². The van der Waals surface area contributed by atoms with Crippen LogP contribution in [0.5, 0.6) is 17.2 Å². The molecule has 19 heavy (non-hydrogen) atoms. The van der Waals surface area contributed by atoms with E-state index in [1.54, 1.807) is 6.07 Å². The molecule has 3 rings (SSSR count). The Morgan fingerprint density at radius 1 is 1.37 bits per heavy atom. The van der Waals surface area contributed by atoms with Gasteiger partial charge in [-0.3, -0.25) is 0 Å². The first-order valence-electron chi connectivity index (χ1n) is 6.70. The summed E-state index contributed by atoms with van der Waals surface area (Å²) in [5, 5.41) is 13.3. The molecule has 2 aliphatic rings. The maximum Gasteiger partial charge on any atom is 0.231 e. The largest absolute Gasteiger partial charge is 0.507 e. The summed E-state index contributed by atoms with van der Waals surface area (Å²) in [5.41, 5.74) is 0.814. The molecule has 5 nitrogen and oxygen atoms in total. The Morgan fingerprint density at radius 2 is 2.16 bits per heavy atom. The summed E-state index contributed by atoms with van der Waals surface area (Å²) in [6, 6.07) is 3.70. The molecule has 1 aromatic rings. The van der Waals surface area contributed by atoms with Crippen molar-refractivity contribution in [2.45, 2.75) is 38.5 Å². The Balaban J connectivity index is 1.63. The maximum absolute atomic E-state index is 9.95. The fourth-order valence-electron chi connectivity index (χ4n) is 2.51. The Labute approximate surface area is 112 Å². The molecule has 2 atom stereocenters. The Bertz CT molecular complexity index is 457. The first-order chi connectivity index (χ1) is 9.24. The van der Waals surface area contributed by atoms with Crippen molar-refractivity contribution in [3.05, 3.63) is 17.7 Å². The summed E-state index contributed by atoms with van der Waals surface area (Å²) in [5.74, 6) is 1.53. The molecule has 2 aliphatic heterocycles. The number of nitrogens with one attached hydrogen (secondary N) is 1. The van der Waals surface area contributed by atoms with Crippen LogP contribution >= 0.6 is 0 Å². The average Bonchev–Trinajstić information content (AvgIpc) is 3.06. The number of rotatable bonds is 4. The fraction of sp³-hybridized carbons (Fsp3) is 0.571. The molecule has 2 unspecified atom stereocenters. The van der Waals surface area contributed by atoms with E-state index >= 15 is 0 Å². The van der Waals surface area contributed by atoms with Crippen LogP contribution in [0.25, 0.3) is 0 Å². The molecule has 0 spiro atoms. The van der Waals surface area contributed by atoms with E-state index in [-0.39, 0.29) is 24.7 Å². The molecule has 0 aromatic heterocycles. The minimum Gasteiger partial charge on any atom is -0.507 e. The molecule has 1 fully saturated rings. The van der Waals surface area contributed by atoms with Crippen molar-refractivity contribution in [2.75, 3.05) is 13.4 Å². The third kappa shape index (κ3) is 2.62. The first-order valence-corrected chi connectivity index (χ1v) is 6.70. The van der Waals surface area contributed by atoms with E-state index < -0.39 is 0 Å². The van der Waals surface area contributed by atoms with Crippen LogP contribution in [-0.2, 0) is 11.3 Å². The van der Waals surface area contributed by atoms with E-state index in [4.69, 9.17) is 14.2 Å². The predicted molar refractivity (Wildman–Crippen MR) is 69.5 cm³/mol. The summed E-state index contributed by atoms with van der Waals surface area (Å²) in [4.78, 5) is 0. The van der Waals surface area contributed by atoms with Crippen molar-refractivity contribution < 1.29 is 19.3 Å². The van der Waals surface area contributed by atoms with Gasteiger partial charge in [-0.15, -0.1) is 0 Å². The standard InChI is InChI=1S/C14H19NO4/c1-9(12-3-2-4-17-12)15-7-10-5-13-14(6-11(10)16)19-8-18-13/h5-6,9,12,15-16H,2-4,7-8H2,1H3. The topological polar surface area (TPSA) is 60.0 Å². The number of fused-ring (bicyclic) bond motifs is 1. The number of benzene rings is 1. The van der Waals surface area contributed by atoms with Crippen LogP contribution in [0.15, 0.2) is 12.1 Å². The lowest BCUT2D eigenvalue weighted by Gasteiger charge is -2.20. The van der Waals surface area contributed by atoms with Crippen molar-refractivity contribution in [1.82, 2.24) is 5.32 Å². The second kappa shape index (κ2) is 5.27. The van der Waals surface area contributed by atoms with Gasteiger partial charge >= 0.3 is 0 Å². The van der Waals surface area contributed by atoms with Crippen molar-refractivity contribution in [3.8, 4) is 17.2 Å². The summed E-state index contributed by atoms with van der Waals surface area (Å²) in [7, 11) is 0. The van der Waals surface area contributed by atoms with Crippen LogP contribution < -0.4 is 14.8 Å². The highest BCUT2D eigenvalue weighted by atomic mass is 16.7. The zero-order chi connectivity index (χ0) is 13.2. The average molecular weight is 265 g/mol. The highest BCUT2D eigenvalue weighted by molar-refractivity contribution is 5.51. The summed E-state index contributed by atoms with van der Waals surface area (Å²) in [6.07, 6.45) is 2.50. The molecule has 0 saturated carbocycles. The monoisotopic (exact) mass is 265 g/mol. The molecule has 0 bridgehead atoms. The quantitative estimate of drug-likeness (QED) is 0.869. The summed E-state index contributed by atoms with van der Waals surface area (Å²) < 4.78 is 16.2. The molecule has 5 heteroatoms. The van der Waals surface area contributed by atoms with Crippen molar-refractivity contribution in [3.63, 3.8) is 0 Å². The molecule has 1 saturated heterocycles. The fourth-order valence-corrected chi connectivity index (χ4v) is 2.51. The minimum atomic E-state index is 0.220. The lowest BCUT2D eigenvalue weighted by atomic mass is 10.1. The van der Waals surface area contributed by atoms with E-state index in [1.165, 1.54) is 0 Å². The van der Waals surface area contributed by atoms with E-state index in [9.17, 15) is 5.11 Å². The Morgan fingerprint density at radius 3 is 2.89 bits per heavy atom. The maximum atomic E-state index is 9.95. The SMILES string of the molecule is CC(NCc1cc2c(cc1O)OCO2)C1CCCO1. The number of ether oxygens (including phenoxy) is 3. The van der Waals surface area contributed by atoms with Gasteiger partial charge in [-0.2, -0.15) is 0 Å². The van der Waals surface area contributed by atoms with Gasteiger partial charge in [-0.05, 0) is 25.8 Å². The highest BCUT2D eigenvalue weighted by Crippen LogP contribution is 2.37. The predicted octanol–water partition coefficient (Wildman–Crippen LogP) is 1.78. The molecule has 0 amide bonds. The molecule has 104 valence electrons. The Hall–Kier alpha value is -1.46. The van der Waals surface area contributed by atoms with Crippen LogP contribution in [0.4, 0.5) is 0 Å². The summed E-state index contributed by atoms with van der Waals surface area (Å²) in [6.45, 7) is 3.77. The van der Waals surface area contributed by atoms with Gasteiger partial charge in [-0.1, -0.05) is 0 Å². The number of aromatic hydroxyl groups is 1. The van der Waals surface area contributed by atoms with Crippen LogP contribution in [0.2, 0.25) is 0 Å². The van der Waals surface area contributed by atoms with Gasteiger partial charge in [0.05, 0.1) is 6.10 Å². The van der Waals surface area contributed by atoms with E-state index in [0.717, 1.165) is 25.0 Å². The van der Waals surface area contributed by atoms with E-state index in [1.807, 2.05) is 6.07 Å². The minimum absolute atomic E-state index is 0.220. The van der Waals surface area contributed by atoms with Gasteiger partial charge in [0.25, 0.3) is 0 Å². The van der Waals surface area contributed by atoms with Gasteiger partial charge in [0, 0.05) is 30.8 Å². The van der Waals surface area contributed by atoms with Gasteiger partial charge in [-0.25, -0.2) is 0 Å². The van der Waals surface area contributed by atoms with Crippen LogP contribution in [-0.4, -0.2) is 30.7 Å². The lowest BCUT2D eigenvalue weighted by molar-refractivity contribution is 0.0831. The molecule has 1 aromatic carbocycles. The van der Waals surface area contributed by atoms with Crippen molar-refractivity contribution in [1.29, 1.82) is 0 Å². The number of hydrogen-bond donors (Lipinski definition) is 2. The van der Waals surface area contributed by atoms with Gasteiger partial charge in [0.1, 0.15) is 5.75 Å². The zero-order valence-electron chi connectivity index (χ0n) is 11.0. The third-order valence-corrected chi connectivity index (χ3v) is 3.71. The molecule has 0 radical (unpaired) electrons. The number of phenolic OH excluding ortho intramolecular Hbond substituents is 1. The molecule has 0 aliphatic carbocycles. The highest BCUT2D eigenvalue weighted by Gasteiger charge is 2.23. The molecule has 2 N–H and O–H groups in total. The van der Waals surface area contributed by atoms with E-state index in [2.05, 4.69) is 12.2 Å². The van der Waals surface area contributed by atoms with E-state index in [0.29, 0.717) is 18.0 Å². The van der Waals surface area contributed by atoms with Crippen LogP contribution in [0, 0.1) is 0 Å². The molecular weight excluding hydrogens is 246 g/mol. The zero-order valence-corrected chi connectivity index (χ0v) is 11.0. The first kappa shape index (κ1) is 12.6. The van der Waals surface area contributed by atoms with Gasteiger partial charge < -0.3 is 24.6 Å². The molecular formula is C14H19NO4. The lowest BCUT2D eigenvalue weighted by Crippen LogP contribution is -2.36. The number of hydrogen-bond acceptors (Lipinski definition) is 5. The number of phenols is 1. The summed E-state index contributed by atoms with van der Waals surface area (Å²) >= 11 is 0. The van der Waals surface area contributed by atoms with Crippen molar-refractivity contribution >= 4 is 0 Å². The van der Waals surface area contributed by atoms with Crippen LogP contribution in [0.1, 0.15) is 25.3 Å². The normalized spacial score (nSPS) is 22.7. The van der Waals surface area contributed by atoms with Crippen molar-refractivity contribution in [2.24, 2.45) is 0 Å².